The fourth-order valence-electron chi connectivity index (χ4n) is 2.85. The molecule has 1 aromatic heterocycles. The Balaban J connectivity index is 1.83. The standard InChI is InChI=1S/C16H15F4N3O/c17-12-3-5-13(6-4-12)23-10-21-8-14(23)15(24)22-7-1-2-11(9-22)16(18,19)20/h3-6,8,10-11H,1-2,7,9H2. The van der Waals surface area contributed by atoms with Crippen LogP contribution in [0.3, 0.4) is 0 Å². The van der Waals surface area contributed by atoms with Crippen LogP contribution in [0.2, 0.25) is 0 Å². The molecule has 1 aromatic carbocycles. The number of carbonyl (C=O) groups excluding carboxylic acids is 1. The SMILES string of the molecule is O=C(c1cncn1-c1ccc(F)cc1)N1CCCC(C(F)(F)F)C1. The van der Waals surface area contributed by atoms with Crippen molar-refractivity contribution in [1.82, 2.24) is 14.5 Å². The average Bonchev–Trinajstić information content (AvgIpc) is 3.04. The molecule has 8 heteroatoms. The summed E-state index contributed by atoms with van der Waals surface area (Å²) in [5, 5.41) is 0. The number of rotatable bonds is 2. The van der Waals surface area contributed by atoms with Gasteiger partial charge >= 0.3 is 6.18 Å². The summed E-state index contributed by atoms with van der Waals surface area (Å²) in [6, 6.07) is 5.43. The second-order valence-electron chi connectivity index (χ2n) is 5.76. The molecule has 2 aromatic rings. The molecule has 1 fully saturated rings. The highest BCUT2D eigenvalue weighted by molar-refractivity contribution is 5.93. The quantitative estimate of drug-likeness (QED) is 0.785. The van der Waals surface area contributed by atoms with Crippen molar-refractivity contribution in [3.8, 4) is 5.69 Å². The number of hydrogen-bond donors (Lipinski definition) is 0. The Labute approximate surface area is 135 Å². The van der Waals surface area contributed by atoms with Crippen LogP contribution in [0.25, 0.3) is 5.69 Å². The van der Waals surface area contributed by atoms with Gasteiger partial charge in [-0.3, -0.25) is 9.36 Å². The van der Waals surface area contributed by atoms with E-state index < -0.39 is 23.8 Å². The summed E-state index contributed by atoms with van der Waals surface area (Å²) in [6.07, 6.45) is -1.28. The smallest absolute Gasteiger partial charge is 0.337 e. The van der Waals surface area contributed by atoms with Crippen LogP contribution in [0.5, 0.6) is 0 Å². The molecule has 4 nitrogen and oxygen atoms in total. The summed E-state index contributed by atoms with van der Waals surface area (Å²) in [5.74, 6) is -2.43. The minimum atomic E-state index is -4.31. The molecule has 2 heterocycles. The molecular weight excluding hydrogens is 326 g/mol. The van der Waals surface area contributed by atoms with Gasteiger partial charge in [-0.25, -0.2) is 9.37 Å². The molecule has 1 unspecified atom stereocenters. The number of halogens is 4. The van der Waals surface area contributed by atoms with Crippen molar-refractivity contribution < 1.29 is 22.4 Å². The van der Waals surface area contributed by atoms with Crippen LogP contribution >= 0.6 is 0 Å². The first kappa shape index (κ1) is 16.5. The maximum atomic E-state index is 13.0. The molecule has 1 aliphatic rings. The van der Waals surface area contributed by atoms with Gasteiger partial charge in [0.05, 0.1) is 18.4 Å². The molecule has 0 aliphatic carbocycles. The lowest BCUT2D eigenvalue weighted by Crippen LogP contribution is -2.45. The molecule has 0 saturated carbocycles. The van der Waals surface area contributed by atoms with E-state index in [0.29, 0.717) is 12.1 Å². The predicted molar refractivity (Wildman–Crippen MR) is 78.2 cm³/mol. The molecule has 1 amide bonds. The van der Waals surface area contributed by atoms with Crippen LogP contribution < -0.4 is 0 Å². The number of hydrogen-bond acceptors (Lipinski definition) is 2. The fourth-order valence-corrected chi connectivity index (χ4v) is 2.85. The maximum absolute atomic E-state index is 13.0. The Morgan fingerprint density at radius 1 is 1.21 bits per heavy atom. The number of likely N-dealkylation sites (tertiary alicyclic amines) is 1. The molecule has 1 saturated heterocycles. The minimum Gasteiger partial charge on any atom is -0.337 e. The van der Waals surface area contributed by atoms with E-state index in [1.54, 1.807) is 0 Å². The molecule has 0 radical (unpaired) electrons. The fraction of sp³-hybridized carbons (Fsp3) is 0.375. The summed E-state index contributed by atoms with van der Waals surface area (Å²) in [5.41, 5.74) is 0.672. The Kier molecular flexibility index (Phi) is 4.29. The first-order valence-corrected chi connectivity index (χ1v) is 7.50. The van der Waals surface area contributed by atoms with Gasteiger partial charge in [0.25, 0.3) is 5.91 Å². The predicted octanol–water partition coefficient (Wildman–Crippen LogP) is 3.43. The van der Waals surface area contributed by atoms with Crippen LogP contribution in [0.1, 0.15) is 23.3 Å². The van der Waals surface area contributed by atoms with Gasteiger partial charge in [-0.15, -0.1) is 0 Å². The van der Waals surface area contributed by atoms with E-state index in [0.717, 1.165) is 0 Å². The Bertz CT molecular complexity index is 724. The molecule has 128 valence electrons. The van der Waals surface area contributed by atoms with Crippen LogP contribution in [-0.4, -0.2) is 39.6 Å². The molecule has 3 rings (SSSR count). The number of imidazole rings is 1. The zero-order valence-corrected chi connectivity index (χ0v) is 12.6. The lowest BCUT2D eigenvalue weighted by atomic mass is 9.97. The molecular formula is C16H15F4N3O. The minimum absolute atomic E-state index is 0.0322. The first-order valence-electron chi connectivity index (χ1n) is 7.50. The summed E-state index contributed by atoms with van der Waals surface area (Å²) in [4.78, 5) is 17.7. The third-order valence-corrected chi connectivity index (χ3v) is 4.13. The van der Waals surface area contributed by atoms with Crippen LogP contribution in [0.4, 0.5) is 17.6 Å². The van der Waals surface area contributed by atoms with Gasteiger partial charge in [-0.1, -0.05) is 0 Å². The normalized spacial score (nSPS) is 18.7. The Morgan fingerprint density at radius 3 is 2.58 bits per heavy atom. The second-order valence-corrected chi connectivity index (χ2v) is 5.76. The highest BCUT2D eigenvalue weighted by Gasteiger charge is 2.43. The van der Waals surface area contributed by atoms with Gasteiger partial charge in [0, 0.05) is 18.8 Å². The van der Waals surface area contributed by atoms with E-state index in [1.807, 2.05) is 0 Å². The van der Waals surface area contributed by atoms with Crippen LogP contribution in [0, 0.1) is 11.7 Å². The van der Waals surface area contributed by atoms with Crippen molar-refractivity contribution >= 4 is 5.91 Å². The molecule has 0 spiro atoms. The summed E-state index contributed by atoms with van der Waals surface area (Å²) in [6.45, 7) is -0.0725. The van der Waals surface area contributed by atoms with E-state index in [4.69, 9.17) is 0 Å². The molecule has 0 N–H and O–H groups in total. The van der Waals surface area contributed by atoms with Crippen molar-refractivity contribution in [3.63, 3.8) is 0 Å². The van der Waals surface area contributed by atoms with E-state index in [1.165, 1.54) is 46.3 Å². The van der Waals surface area contributed by atoms with E-state index in [2.05, 4.69) is 4.98 Å². The Morgan fingerprint density at radius 2 is 1.92 bits per heavy atom. The van der Waals surface area contributed by atoms with Crippen molar-refractivity contribution in [2.45, 2.75) is 19.0 Å². The zero-order chi connectivity index (χ0) is 17.3. The highest BCUT2D eigenvalue weighted by Crippen LogP contribution is 2.33. The maximum Gasteiger partial charge on any atom is 0.393 e. The number of benzene rings is 1. The highest BCUT2D eigenvalue weighted by atomic mass is 19.4. The second kappa shape index (κ2) is 6.26. The number of carbonyl (C=O) groups is 1. The van der Waals surface area contributed by atoms with Gasteiger partial charge < -0.3 is 4.90 Å². The van der Waals surface area contributed by atoms with Crippen LogP contribution in [-0.2, 0) is 0 Å². The van der Waals surface area contributed by atoms with Crippen molar-refractivity contribution in [3.05, 3.63) is 48.3 Å². The first-order chi connectivity index (χ1) is 11.4. The monoisotopic (exact) mass is 341 g/mol. The van der Waals surface area contributed by atoms with Gasteiger partial charge in [-0.2, -0.15) is 13.2 Å². The third-order valence-electron chi connectivity index (χ3n) is 4.13. The Hall–Kier alpha value is -2.38. The average molecular weight is 341 g/mol. The van der Waals surface area contributed by atoms with Gasteiger partial charge in [-0.05, 0) is 37.1 Å². The van der Waals surface area contributed by atoms with Gasteiger partial charge in [0.2, 0.25) is 0 Å². The third kappa shape index (κ3) is 3.27. The zero-order valence-electron chi connectivity index (χ0n) is 12.6. The van der Waals surface area contributed by atoms with Crippen molar-refractivity contribution in [1.29, 1.82) is 0 Å². The molecule has 1 atom stereocenters. The number of amides is 1. The lowest BCUT2D eigenvalue weighted by molar-refractivity contribution is -0.184. The summed E-state index contributed by atoms with van der Waals surface area (Å²) < 4.78 is 53.2. The topological polar surface area (TPSA) is 38.1 Å². The number of nitrogens with zero attached hydrogens (tertiary/aromatic N) is 3. The van der Waals surface area contributed by atoms with Crippen molar-refractivity contribution in [2.75, 3.05) is 13.1 Å². The van der Waals surface area contributed by atoms with E-state index >= 15 is 0 Å². The largest absolute Gasteiger partial charge is 0.393 e. The summed E-state index contributed by atoms with van der Waals surface area (Å²) in [7, 11) is 0. The van der Waals surface area contributed by atoms with E-state index in [9.17, 15) is 22.4 Å². The lowest BCUT2D eigenvalue weighted by Gasteiger charge is -2.33. The molecule has 0 bridgehead atoms. The van der Waals surface area contributed by atoms with E-state index in [-0.39, 0.29) is 25.2 Å². The number of aromatic nitrogens is 2. The summed E-state index contributed by atoms with van der Waals surface area (Å²) >= 11 is 0. The van der Waals surface area contributed by atoms with Gasteiger partial charge in [0.15, 0.2) is 0 Å². The number of alkyl halides is 3. The van der Waals surface area contributed by atoms with Crippen molar-refractivity contribution in [2.24, 2.45) is 5.92 Å². The number of piperidine rings is 1. The van der Waals surface area contributed by atoms with Crippen LogP contribution in [0.15, 0.2) is 36.8 Å². The molecule has 24 heavy (non-hydrogen) atoms. The van der Waals surface area contributed by atoms with Gasteiger partial charge in [0.1, 0.15) is 11.5 Å². The molecule has 1 aliphatic heterocycles.